The zero-order valence-corrected chi connectivity index (χ0v) is 12.3. The van der Waals surface area contributed by atoms with Gasteiger partial charge in [0.1, 0.15) is 5.76 Å². The van der Waals surface area contributed by atoms with Crippen LogP contribution in [-0.2, 0) is 18.2 Å². The Hall–Kier alpha value is -1.29. The number of nitrogens with one attached hydrogen (secondary N) is 1. The minimum Gasteiger partial charge on any atom is -0.496 e. The summed E-state index contributed by atoms with van der Waals surface area (Å²) in [4.78, 5) is 0. The molecule has 0 saturated heterocycles. The highest BCUT2D eigenvalue weighted by Gasteiger charge is 2.23. The first kappa shape index (κ1) is 14.1. The number of aryl methyl sites for hydroxylation is 2. The molecule has 0 aromatic carbocycles. The third-order valence-electron chi connectivity index (χ3n) is 3.43. The van der Waals surface area contributed by atoms with E-state index in [9.17, 15) is 0 Å². The highest BCUT2D eigenvalue weighted by Crippen LogP contribution is 2.28. The van der Waals surface area contributed by atoms with Crippen molar-refractivity contribution < 1.29 is 4.74 Å². The maximum atomic E-state index is 5.86. The highest BCUT2D eigenvalue weighted by molar-refractivity contribution is 5.28. The molecule has 4 nitrogen and oxygen atoms in total. The SMILES string of the molecule is CCCNC(C1=CCCCO1)c1cn(C)nc1CC. The average Bonchev–Trinajstić information content (AvgIpc) is 2.81. The molecule has 0 spiro atoms. The molecule has 1 aromatic heterocycles. The molecular weight excluding hydrogens is 238 g/mol. The Morgan fingerprint density at radius 3 is 2.95 bits per heavy atom. The van der Waals surface area contributed by atoms with Gasteiger partial charge in [-0.25, -0.2) is 0 Å². The molecule has 2 rings (SSSR count). The molecule has 1 aliphatic heterocycles. The van der Waals surface area contributed by atoms with E-state index in [-0.39, 0.29) is 6.04 Å². The van der Waals surface area contributed by atoms with Gasteiger partial charge in [0.05, 0.1) is 18.3 Å². The number of allylic oxidation sites excluding steroid dienone is 1. The topological polar surface area (TPSA) is 39.1 Å². The van der Waals surface area contributed by atoms with Crippen LogP contribution in [-0.4, -0.2) is 22.9 Å². The van der Waals surface area contributed by atoms with Gasteiger partial charge in [0.25, 0.3) is 0 Å². The molecule has 1 aromatic rings. The Bertz CT molecular complexity index is 437. The molecule has 19 heavy (non-hydrogen) atoms. The van der Waals surface area contributed by atoms with Crippen molar-refractivity contribution in [2.24, 2.45) is 7.05 Å². The minimum atomic E-state index is 0.156. The molecule has 0 radical (unpaired) electrons. The summed E-state index contributed by atoms with van der Waals surface area (Å²) in [7, 11) is 1.98. The van der Waals surface area contributed by atoms with Gasteiger partial charge in [0.2, 0.25) is 0 Å². The van der Waals surface area contributed by atoms with Gasteiger partial charge in [-0.05, 0) is 38.3 Å². The molecule has 0 fully saturated rings. The lowest BCUT2D eigenvalue weighted by molar-refractivity contribution is 0.167. The fourth-order valence-electron chi connectivity index (χ4n) is 2.50. The van der Waals surface area contributed by atoms with Crippen LogP contribution in [0.3, 0.4) is 0 Å². The third-order valence-corrected chi connectivity index (χ3v) is 3.43. The van der Waals surface area contributed by atoms with Crippen LogP contribution in [0.5, 0.6) is 0 Å². The molecule has 1 aliphatic rings. The minimum absolute atomic E-state index is 0.156. The molecule has 1 N–H and O–H groups in total. The zero-order valence-electron chi connectivity index (χ0n) is 12.3. The molecule has 0 amide bonds. The Kier molecular flexibility index (Phi) is 5.02. The van der Waals surface area contributed by atoms with Gasteiger partial charge in [-0.1, -0.05) is 13.8 Å². The second-order valence-electron chi connectivity index (χ2n) is 5.04. The van der Waals surface area contributed by atoms with Crippen LogP contribution < -0.4 is 5.32 Å². The van der Waals surface area contributed by atoms with Gasteiger partial charge >= 0.3 is 0 Å². The van der Waals surface area contributed by atoms with Gasteiger partial charge in [-0.15, -0.1) is 0 Å². The van der Waals surface area contributed by atoms with E-state index >= 15 is 0 Å². The molecule has 0 saturated carbocycles. The summed E-state index contributed by atoms with van der Waals surface area (Å²) in [6.07, 6.45) is 8.65. The predicted molar refractivity (Wildman–Crippen MR) is 76.9 cm³/mol. The Labute approximate surface area is 115 Å². The van der Waals surface area contributed by atoms with Crippen LogP contribution in [0.15, 0.2) is 18.0 Å². The van der Waals surface area contributed by atoms with E-state index in [0.717, 1.165) is 50.3 Å². The standard InChI is InChI=1S/C15H25N3O/c1-4-9-16-15(14-8-6-7-10-19-14)12-11-18(3)17-13(12)5-2/h8,11,15-16H,4-7,9-10H2,1-3H3. The quantitative estimate of drug-likeness (QED) is 0.857. The van der Waals surface area contributed by atoms with Gasteiger partial charge < -0.3 is 10.1 Å². The Morgan fingerprint density at radius 1 is 1.47 bits per heavy atom. The van der Waals surface area contributed by atoms with E-state index in [0.29, 0.717) is 0 Å². The van der Waals surface area contributed by atoms with Crippen LogP contribution in [0.1, 0.15) is 50.4 Å². The third kappa shape index (κ3) is 3.38. The maximum Gasteiger partial charge on any atom is 0.114 e. The first-order valence-corrected chi connectivity index (χ1v) is 7.34. The summed E-state index contributed by atoms with van der Waals surface area (Å²) in [5, 5.41) is 8.14. The van der Waals surface area contributed by atoms with Crippen LogP contribution in [0.25, 0.3) is 0 Å². The van der Waals surface area contributed by atoms with Crippen LogP contribution in [0, 0.1) is 0 Å². The summed E-state index contributed by atoms with van der Waals surface area (Å²) in [5.74, 6) is 1.07. The van der Waals surface area contributed by atoms with Gasteiger partial charge in [0, 0.05) is 18.8 Å². The monoisotopic (exact) mass is 263 g/mol. The van der Waals surface area contributed by atoms with E-state index < -0.39 is 0 Å². The molecule has 1 atom stereocenters. The van der Waals surface area contributed by atoms with Gasteiger partial charge in [-0.2, -0.15) is 5.10 Å². The molecule has 1 unspecified atom stereocenters. The summed E-state index contributed by atoms with van der Waals surface area (Å²) in [6.45, 7) is 6.16. The molecule has 2 heterocycles. The smallest absolute Gasteiger partial charge is 0.114 e. The van der Waals surface area contributed by atoms with Gasteiger partial charge in [0.15, 0.2) is 0 Å². The van der Waals surface area contributed by atoms with Crippen molar-refractivity contribution in [3.63, 3.8) is 0 Å². The summed E-state index contributed by atoms with van der Waals surface area (Å²) in [6, 6.07) is 0.156. The first-order chi connectivity index (χ1) is 9.26. The van der Waals surface area contributed by atoms with Crippen LogP contribution in [0.4, 0.5) is 0 Å². The van der Waals surface area contributed by atoms with Crippen molar-refractivity contribution in [2.75, 3.05) is 13.2 Å². The molecule has 0 bridgehead atoms. The Balaban J connectivity index is 2.27. The van der Waals surface area contributed by atoms with Crippen LogP contribution in [0.2, 0.25) is 0 Å². The van der Waals surface area contributed by atoms with Crippen molar-refractivity contribution in [1.29, 1.82) is 0 Å². The number of hydrogen-bond donors (Lipinski definition) is 1. The highest BCUT2D eigenvalue weighted by atomic mass is 16.5. The molecule has 106 valence electrons. The fourth-order valence-corrected chi connectivity index (χ4v) is 2.50. The van der Waals surface area contributed by atoms with E-state index in [4.69, 9.17) is 4.74 Å². The number of aromatic nitrogens is 2. The summed E-state index contributed by atoms with van der Waals surface area (Å²) >= 11 is 0. The second kappa shape index (κ2) is 6.75. The second-order valence-corrected chi connectivity index (χ2v) is 5.04. The van der Waals surface area contributed by atoms with Crippen molar-refractivity contribution in [1.82, 2.24) is 15.1 Å². The number of nitrogens with zero attached hydrogens (tertiary/aromatic N) is 2. The van der Waals surface area contributed by atoms with Gasteiger partial charge in [-0.3, -0.25) is 4.68 Å². The number of hydrogen-bond acceptors (Lipinski definition) is 3. The summed E-state index contributed by atoms with van der Waals surface area (Å²) < 4.78 is 7.76. The van der Waals surface area contributed by atoms with Crippen LogP contribution >= 0.6 is 0 Å². The van der Waals surface area contributed by atoms with E-state index in [1.807, 2.05) is 11.7 Å². The molecular formula is C15H25N3O. The van der Waals surface area contributed by atoms with Crippen molar-refractivity contribution in [2.45, 2.75) is 45.6 Å². The predicted octanol–water partition coefficient (Wildman–Crippen LogP) is 2.72. The lowest BCUT2D eigenvalue weighted by Gasteiger charge is -2.24. The zero-order chi connectivity index (χ0) is 13.7. The number of ether oxygens (including phenoxy) is 1. The fraction of sp³-hybridized carbons (Fsp3) is 0.667. The summed E-state index contributed by atoms with van der Waals surface area (Å²) in [5.41, 5.74) is 2.41. The van der Waals surface area contributed by atoms with Crippen molar-refractivity contribution in [3.05, 3.63) is 29.3 Å². The lowest BCUT2D eigenvalue weighted by atomic mass is 10.0. The van der Waals surface area contributed by atoms with E-state index in [2.05, 4.69) is 36.5 Å². The average molecular weight is 263 g/mol. The largest absolute Gasteiger partial charge is 0.496 e. The number of rotatable bonds is 6. The van der Waals surface area contributed by atoms with Crippen molar-refractivity contribution >= 4 is 0 Å². The van der Waals surface area contributed by atoms with Crippen molar-refractivity contribution in [3.8, 4) is 0 Å². The normalized spacial score (nSPS) is 16.9. The lowest BCUT2D eigenvalue weighted by Crippen LogP contribution is -2.26. The Morgan fingerprint density at radius 2 is 2.32 bits per heavy atom. The first-order valence-electron chi connectivity index (χ1n) is 7.34. The molecule has 0 aliphatic carbocycles. The molecule has 4 heteroatoms. The maximum absolute atomic E-state index is 5.86. The van der Waals surface area contributed by atoms with E-state index in [1.165, 1.54) is 5.56 Å². The van der Waals surface area contributed by atoms with E-state index in [1.54, 1.807) is 0 Å².